The highest BCUT2D eigenvalue weighted by atomic mass is 28.3. The van der Waals surface area contributed by atoms with Crippen LogP contribution in [0.2, 0.25) is 25.7 Å². The number of imidazole rings is 1. The number of carbonyl (C=O) groups is 2. The molecular weight excluding hydrogens is 483 g/mol. The van der Waals surface area contributed by atoms with Crippen molar-refractivity contribution in [3.63, 3.8) is 0 Å². The van der Waals surface area contributed by atoms with Gasteiger partial charge in [-0.1, -0.05) is 43.9 Å². The van der Waals surface area contributed by atoms with Crippen molar-refractivity contribution in [3.8, 4) is 11.3 Å². The van der Waals surface area contributed by atoms with Crippen molar-refractivity contribution in [2.75, 3.05) is 19.8 Å². The molecule has 0 bridgehead atoms. The van der Waals surface area contributed by atoms with Crippen molar-refractivity contribution < 1.29 is 37.3 Å². The molecule has 0 fully saturated rings. The Bertz CT molecular complexity index is 1020. The number of nitrogens with one attached hydrogen (secondary N) is 1. The molecule has 8 nitrogen and oxygen atoms in total. The minimum atomic E-state index is -5.24. The van der Waals surface area contributed by atoms with E-state index in [9.17, 15) is 27.9 Å². The van der Waals surface area contributed by atoms with Gasteiger partial charge in [0.05, 0.1) is 12.3 Å². The molecule has 1 aromatic heterocycles. The number of carbonyl (C=O) groups excluding carboxylic acids is 2. The lowest BCUT2D eigenvalue weighted by Gasteiger charge is -2.29. The predicted molar refractivity (Wildman–Crippen MR) is 126 cm³/mol. The Morgan fingerprint density at radius 2 is 1.77 bits per heavy atom. The first kappa shape index (κ1) is 28.5. The number of alkyl halides is 3. The third kappa shape index (κ3) is 6.92. The molecule has 2 rings (SSSR count). The molecule has 1 aromatic carbocycles. The number of likely N-dealkylation sites (N-methyl/N-ethyl adjacent to an activating group) is 1. The first-order valence-corrected chi connectivity index (χ1v) is 15.0. The van der Waals surface area contributed by atoms with Crippen molar-refractivity contribution in [3.05, 3.63) is 41.9 Å². The number of amides is 1. The van der Waals surface area contributed by atoms with Crippen LogP contribution < -0.4 is 5.32 Å². The van der Waals surface area contributed by atoms with E-state index in [2.05, 4.69) is 24.6 Å². The van der Waals surface area contributed by atoms with Crippen LogP contribution >= 0.6 is 0 Å². The average Bonchev–Trinajstić information content (AvgIpc) is 3.19. The number of nitrogens with zero attached hydrogens (tertiary/aromatic N) is 2. The van der Waals surface area contributed by atoms with Gasteiger partial charge in [-0.05, 0) is 19.9 Å². The van der Waals surface area contributed by atoms with Gasteiger partial charge in [-0.3, -0.25) is 4.79 Å². The highest BCUT2D eigenvalue weighted by molar-refractivity contribution is 6.76. The number of hydrogen-bond donors (Lipinski definition) is 2. The van der Waals surface area contributed by atoms with Crippen LogP contribution in [0.5, 0.6) is 0 Å². The molecule has 1 heterocycles. The first-order chi connectivity index (χ1) is 16.2. The van der Waals surface area contributed by atoms with Crippen molar-refractivity contribution in [2.24, 2.45) is 0 Å². The van der Waals surface area contributed by atoms with Gasteiger partial charge < -0.3 is 24.5 Å². The largest absolute Gasteiger partial charge is 0.460 e. The molecule has 0 radical (unpaired) electrons. The minimum Gasteiger partial charge on any atom is -0.460 e. The first-order valence-electron chi connectivity index (χ1n) is 11.2. The van der Waals surface area contributed by atoms with E-state index < -0.39 is 37.3 Å². The molecule has 12 heteroatoms. The Labute approximate surface area is 203 Å². The molecule has 2 aromatic rings. The van der Waals surface area contributed by atoms with E-state index in [1.54, 1.807) is 6.92 Å². The van der Waals surface area contributed by atoms with E-state index in [0.717, 1.165) is 18.2 Å². The number of hydrogen-bond acceptors (Lipinski definition) is 6. The fourth-order valence-corrected chi connectivity index (χ4v) is 3.90. The highest BCUT2D eigenvalue weighted by Gasteiger charge is 2.60. The molecule has 0 saturated carbocycles. The lowest BCUT2D eigenvalue weighted by Crippen LogP contribution is -2.54. The van der Waals surface area contributed by atoms with Crippen molar-refractivity contribution in [1.82, 2.24) is 14.9 Å². The molecule has 1 unspecified atom stereocenters. The van der Waals surface area contributed by atoms with E-state index in [1.807, 2.05) is 5.32 Å². The van der Waals surface area contributed by atoms with Crippen LogP contribution in [0.15, 0.2) is 30.5 Å². The Balaban J connectivity index is 2.36. The molecule has 1 atom stereocenters. The topological polar surface area (TPSA) is 103 Å². The second-order valence-corrected chi connectivity index (χ2v) is 14.8. The smallest absolute Gasteiger partial charge is 0.430 e. The summed E-state index contributed by atoms with van der Waals surface area (Å²) < 4.78 is 53.2. The van der Waals surface area contributed by atoms with E-state index in [1.165, 1.54) is 29.8 Å². The summed E-state index contributed by atoms with van der Waals surface area (Å²) in [5, 5.41) is 12.3. The summed E-state index contributed by atoms with van der Waals surface area (Å²) in [5.41, 5.74) is -3.68. The van der Waals surface area contributed by atoms with Crippen LogP contribution in [0.25, 0.3) is 11.3 Å². The van der Waals surface area contributed by atoms with E-state index in [4.69, 9.17) is 9.47 Å². The number of benzene rings is 1. The predicted octanol–water partition coefficient (Wildman–Crippen LogP) is 3.93. The SMILES string of the molecule is CCNC(=O)C(O)(c1ccc(-c2cn(COCC[Si](C)(C)C)c(C(=O)OCC)n2)cc1)C(F)(F)F. The standard InChI is InChI=1S/C23H32F3N3O5Si/c1-6-27-21(31)22(32,23(24,25)26)17-10-8-16(9-11-17)18-14-29(15-33-12-13-35(3,4)5)19(28-18)20(30)34-7-2/h8-11,14,32H,6-7,12-13,15H2,1-5H3,(H,27,31). The molecule has 0 spiro atoms. The van der Waals surface area contributed by atoms with Crippen LogP contribution in [-0.2, 0) is 26.6 Å². The second-order valence-electron chi connectivity index (χ2n) is 9.13. The quantitative estimate of drug-likeness (QED) is 0.267. The zero-order chi connectivity index (χ0) is 26.4. The third-order valence-electron chi connectivity index (χ3n) is 5.14. The van der Waals surface area contributed by atoms with Gasteiger partial charge in [0.2, 0.25) is 5.82 Å². The summed E-state index contributed by atoms with van der Waals surface area (Å²) in [6, 6.07) is 5.52. The van der Waals surface area contributed by atoms with E-state index >= 15 is 0 Å². The van der Waals surface area contributed by atoms with Gasteiger partial charge in [0.15, 0.2) is 0 Å². The zero-order valence-corrected chi connectivity index (χ0v) is 21.5. The number of rotatable bonds is 11. The summed E-state index contributed by atoms with van der Waals surface area (Å²) in [6.45, 7) is 10.4. The van der Waals surface area contributed by atoms with Gasteiger partial charge in [-0.2, -0.15) is 13.2 Å². The van der Waals surface area contributed by atoms with Gasteiger partial charge in [0.25, 0.3) is 11.5 Å². The maximum Gasteiger partial charge on any atom is 0.430 e. The van der Waals surface area contributed by atoms with Crippen LogP contribution in [0.4, 0.5) is 13.2 Å². The Hall–Kier alpha value is -2.70. The summed E-state index contributed by atoms with van der Waals surface area (Å²) in [4.78, 5) is 28.7. The van der Waals surface area contributed by atoms with Gasteiger partial charge in [-0.25, -0.2) is 9.78 Å². The minimum absolute atomic E-state index is 0.00643. The summed E-state index contributed by atoms with van der Waals surface area (Å²) >= 11 is 0. The highest BCUT2D eigenvalue weighted by Crippen LogP contribution is 2.39. The molecule has 35 heavy (non-hydrogen) atoms. The normalized spacial score (nSPS) is 13.9. The van der Waals surface area contributed by atoms with Crippen LogP contribution in [0.3, 0.4) is 0 Å². The van der Waals surface area contributed by atoms with Gasteiger partial charge >= 0.3 is 12.1 Å². The number of halogens is 3. The summed E-state index contributed by atoms with van der Waals surface area (Å²) in [5.74, 6) is -2.23. The lowest BCUT2D eigenvalue weighted by atomic mass is 9.91. The van der Waals surface area contributed by atoms with Crippen LogP contribution in [-0.4, -0.2) is 60.5 Å². The van der Waals surface area contributed by atoms with Gasteiger partial charge in [0.1, 0.15) is 6.73 Å². The molecule has 1 amide bonds. The maximum atomic E-state index is 13.6. The van der Waals surface area contributed by atoms with E-state index in [0.29, 0.717) is 17.9 Å². The molecular formula is C23H32F3N3O5Si. The monoisotopic (exact) mass is 515 g/mol. The second kappa shape index (κ2) is 11.4. The van der Waals surface area contributed by atoms with E-state index in [-0.39, 0.29) is 25.7 Å². The Morgan fingerprint density at radius 1 is 1.14 bits per heavy atom. The number of aromatic nitrogens is 2. The number of aliphatic hydroxyl groups is 1. The van der Waals surface area contributed by atoms with Crippen molar-refractivity contribution >= 4 is 20.0 Å². The van der Waals surface area contributed by atoms with Crippen LogP contribution in [0.1, 0.15) is 30.0 Å². The maximum absolute atomic E-state index is 13.6. The molecule has 0 aliphatic heterocycles. The average molecular weight is 516 g/mol. The fourth-order valence-electron chi connectivity index (χ4n) is 3.15. The molecule has 194 valence electrons. The Morgan fingerprint density at radius 3 is 2.29 bits per heavy atom. The third-order valence-corrected chi connectivity index (χ3v) is 6.84. The van der Waals surface area contributed by atoms with Crippen molar-refractivity contribution in [2.45, 2.75) is 58.0 Å². The molecule has 0 aliphatic carbocycles. The Kier molecular flexibility index (Phi) is 9.26. The summed E-state index contributed by atoms with van der Waals surface area (Å²) in [7, 11) is -1.31. The molecule has 0 aliphatic rings. The fraction of sp³-hybridized carbons (Fsp3) is 0.522. The summed E-state index contributed by atoms with van der Waals surface area (Å²) in [6.07, 6.45) is -3.70. The lowest BCUT2D eigenvalue weighted by molar-refractivity contribution is -0.256. The van der Waals surface area contributed by atoms with Crippen LogP contribution in [0, 0.1) is 0 Å². The van der Waals surface area contributed by atoms with Crippen molar-refractivity contribution in [1.29, 1.82) is 0 Å². The van der Waals surface area contributed by atoms with Gasteiger partial charge in [0, 0.05) is 38.5 Å². The zero-order valence-electron chi connectivity index (χ0n) is 20.5. The number of esters is 1. The molecule has 2 N–H and O–H groups in total. The van der Waals surface area contributed by atoms with Gasteiger partial charge in [-0.15, -0.1) is 0 Å². The number of ether oxygens (including phenoxy) is 2. The molecule has 0 saturated heterocycles.